The van der Waals surface area contributed by atoms with Crippen molar-refractivity contribution in [3.05, 3.63) is 187 Å². The largest absolute Gasteiger partial charge is 0.309 e. The fourth-order valence-corrected chi connectivity index (χ4v) is 8.26. The van der Waals surface area contributed by atoms with Crippen molar-refractivity contribution in [1.29, 1.82) is 0 Å². The van der Waals surface area contributed by atoms with Crippen LogP contribution in [0.2, 0.25) is 0 Å². The summed E-state index contributed by atoms with van der Waals surface area (Å²) in [5, 5.41) is 2.42. The third-order valence-corrected chi connectivity index (χ3v) is 11.1. The van der Waals surface area contributed by atoms with Crippen LogP contribution in [-0.4, -0.2) is 14.5 Å². The van der Waals surface area contributed by atoms with Crippen molar-refractivity contribution in [3.8, 4) is 61.8 Å². The average molecular weight is 680 g/mol. The highest BCUT2D eigenvalue weighted by Gasteiger charge is 2.36. The van der Waals surface area contributed by atoms with Crippen molar-refractivity contribution < 1.29 is 0 Å². The molecule has 0 radical (unpaired) electrons. The molecule has 1 aliphatic carbocycles. The lowest BCUT2D eigenvalue weighted by Crippen LogP contribution is -2.15. The summed E-state index contributed by atoms with van der Waals surface area (Å²) in [6.07, 6.45) is 0. The first kappa shape index (κ1) is 31.2. The Morgan fingerprint density at radius 3 is 1.64 bits per heavy atom. The van der Waals surface area contributed by atoms with Crippen molar-refractivity contribution in [2.75, 3.05) is 0 Å². The first-order valence-electron chi connectivity index (χ1n) is 18.3. The summed E-state index contributed by atoms with van der Waals surface area (Å²) in [4.78, 5) is 10.4. The minimum atomic E-state index is -0.169. The van der Waals surface area contributed by atoms with Crippen molar-refractivity contribution in [3.63, 3.8) is 0 Å². The van der Waals surface area contributed by atoms with E-state index in [-0.39, 0.29) is 5.41 Å². The highest BCUT2D eigenvalue weighted by atomic mass is 15.0. The molecule has 0 spiro atoms. The second-order valence-corrected chi connectivity index (χ2v) is 14.8. The Kier molecular flexibility index (Phi) is 7.06. The molecule has 0 N–H and O–H groups in total. The van der Waals surface area contributed by atoms with Gasteiger partial charge in [-0.2, -0.15) is 0 Å². The van der Waals surface area contributed by atoms with E-state index in [0.717, 1.165) is 39.3 Å². The Bertz CT molecular complexity index is 2770. The predicted octanol–water partition coefficient (Wildman–Crippen LogP) is 12.9. The maximum atomic E-state index is 5.18. The summed E-state index contributed by atoms with van der Waals surface area (Å²) in [6.45, 7) is 6.89. The molecule has 3 nitrogen and oxygen atoms in total. The molecule has 7 aromatic carbocycles. The zero-order chi connectivity index (χ0) is 35.7. The van der Waals surface area contributed by atoms with Gasteiger partial charge < -0.3 is 4.57 Å². The van der Waals surface area contributed by atoms with E-state index in [4.69, 9.17) is 9.97 Å². The molecule has 0 unspecified atom stereocenters. The Morgan fingerprint density at radius 1 is 0.434 bits per heavy atom. The molecule has 0 bridgehead atoms. The van der Waals surface area contributed by atoms with E-state index >= 15 is 0 Å². The number of hydrogen-bond donors (Lipinski definition) is 0. The van der Waals surface area contributed by atoms with E-state index in [1.54, 1.807) is 0 Å². The van der Waals surface area contributed by atoms with Gasteiger partial charge in [-0.15, -0.1) is 0 Å². The van der Waals surface area contributed by atoms with E-state index in [1.807, 2.05) is 12.1 Å². The summed E-state index contributed by atoms with van der Waals surface area (Å²) in [7, 11) is 0. The number of benzene rings is 7. The van der Waals surface area contributed by atoms with Gasteiger partial charge in [0, 0.05) is 38.6 Å². The molecule has 0 aliphatic heterocycles. The maximum absolute atomic E-state index is 5.18. The molecular weight excluding hydrogens is 643 g/mol. The normalized spacial score (nSPS) is 13.0. The van der Waals surface area contributed by atoms with Crippen LogP contribution in [0, 0.1) is 6.92 Å². The van der Waals surface area contributed by atoms with E-state index in [2.05, 4.69) is 183 Å². The van der Waals surface area contributed by atoms with Crippen LogP contribution in [0.5, 0.6) is 0 Å². The minimum absolute atomic E-state index is 0.169. The number of hydrogen-bond acceptors (Lipinski definition) is 2. The SMILES string of the molecule is Cc1ccc(-n2c3ccc(-c4nc(-c5ccccc5)cc(-c5ccccc5)n4)cc3c3cc4c(cc32)-c2ccc(-c3ccccc3)cc2C4(C)C)cc1. The van der Waals surface area contributed by atoms with Crippen LogP contribution < -0.4 is 0 Å². The Hall–Kier alpha value is -6.58. The molecule has 1 aliphatic rings. The van der Waals surface area contributed by atoms with Crippen LogP contribution in [0.3, 0.4) is 0 Å². The van der Waals surface area contributed by atoms with Crippen LogP contribution in [-0.2, 0) is 5.41 Å². The Morgan fingerprint density at radius 2 is 1.00 bits per heavy atom. The highest BCUT2D eigenvalue weighted by Crippen LogP contribution is 2.52. The number of fused-ring (bicyclic) bond motifs is 6. The second kappa shape index (κ2) is 12.0. The number of aromatic nitrogens is 3. The lowest BCUT2D eigenvalue weighted by Gasteiger charge is -2.22. The quantitative estimate of drug-likeness (QED) is 0.181. The molecule has 0 fully saturated rings. The first-order valence-corrected chi connectivity index (χ1v) is 18.3. The number of nitrogens with zero attached hydrogens (tertiary/aromatic N) is 3. The van der Waals surface area contributed by atoms with E-state index < -0.39 is 0 Å². The Balaban J connectivity index is 1.21. The summed E-state index contributed by atoms with van der Waals surface area (Å²) < 4.78 is 2.42. The fourth-order valence-electron chi connectivity index (χ4n) is 8.26. The third-order valence-electron chi connectivity index (χ3n) is 11.1. The van der Waals surface area contributed by atoms with Gasteiger partial charge >= 0.3 is 0 Å². The van der Waals surface area contributed by atoms with Gasteiger partial charge in [0.25, 0.3) is 0 Å². The van der Waals surface area contributed by atoms with Gasteiger partial charge in [-0.05, 0) is 94.9 Å². The van der Waals surface area contributed by atoms with Crippen LogP contribution in [0.4, 0.5) is 0 Å². The third kappa shape index (κ3) is 5.11. The summed E-state index contributed by atoms with van der Waals surface area (Å²) in [6, 6.07) is 61.1. The molecule has 2 aromatic heterocycles. The standard InChI is InChI=1S/C50H37N3/c1-32-19-23-38(24-20-32)53-47-26-22-37(49-51-45(34-15-9-5-10-16-34)31-46(52-49)35-17-11-6-12-18-35)27-41(47)42-29-44-40(30-48(42)53)39-25-21-36(28-43(39)50(44,2)3)33-13-7-4-8-14-33/h4-31H,1-3H3. The van der Waals surface area contributed by atoms with E-state index in [9.17, 15) is 0 Å². The summed E-state index contributed by atoms with van der Waals surface area (Å²) >= 11 is 0. The number of aryl methyl sites for hydroxylation is 1. The summed E-state index contributed by atoms with van der Waals surface area (Å²) in [5.41, 5.74) is 17.4. The average Bonchev–Trinajstić information content (AvgIpc) is 3.65. The molecule has 10 rings (SSSR count). The van der Waals surface area contributed by atoms with Gasteiger partial charge in [0.2, 0.25) is 0 Å². The Labute approximate surface area is 309 Å². The second-order valence-electron chi connectivity index (χ2n) is 14.8. The zero-order valence-electron chi connectivity index (χ0n) is 30.0. The first-order chi connectivity index (χ1) is 25.9. The van der Waals surface area contributed by atoms with Crippen molar-refractivity contribution in [2.45, 2.75) is 26.2 Å². The monoisotopic (exact) mass is 679 g/mol. The smallest absolute Gasteiger partial charge is 0.160 e. The topological polar surface area (TPSA) is 30.7 Å². The minimum Gasteiger partial charge on any atom is -0.309 e. The van der Waals surface area contributed by atoms with Gasteiger partial charge in [-0.1, -0.05) is 135 Å². The fraction of sp³-hybridized carbons (Fsp3) is 0.0800. The van der Waals surface area contributed by atoms with Gasteiger partial charge in [-0.3, -0.25) is 0 Å². The maximum Gasteiger partial charge on any atom is 0.160 e. The molecule has 252 valence electrons. The lowest BCUT2D eigenvalue weighted by molar-refractivity contribution is 0.661. The molecular formula is C50H37N3. The molecule has 2 heterocycles. The van der Waals surface area contributed by atoms with Gasteiger partial charge in [0.05, 0.1) is 22.4 Å². The number of rotatable bonds is 5. The molecule has 0 saturated carbocycles. The predicted molar refractivity (Wildman–Crippen MR) is 220 cm³/mol. The van der Waals surface area contributed by atoms with E-state index in [0.29, 0.717) is 5.82 Å². The molecule has 9 aromatic rings. The van der Waals surface area contributed by atoms with Crippen molar-refractivity contribution in [1.82, 2.24) is 14.5 Å². The van der Waals surface area contributed by atoms with Crippen LogP contribution in [0.25, 0.3) is 83.6 Å². The molecule has 0 amide bonds. The van der Waals surface area contributed by atoms with Gasteiger partial charge in [-0.25, -0.2) is 9.97 Å². The van der Waals surface area contributed by atoms with Crippen LogP contribution in [0.15, 0.2) is 170 Å². The molecule has 0 atom stereocenters. The van der Waals surface area contributed by atoms with Crippen molar-refractivity contribution in [2.24, 2.45) is 0 Å². The summed E-state index contributed by atoms with van der Waals surface area (Å²) in [5.74, 6) is 0.714. The highest BCUT2D eigenvalue weighted by molar-refractivity contribution is 6.12. The van der Waals surface area contributed by atoms with Crippen molar-refractivity contribution >= 4 is 21.8 Å². The molecule has 53 heavy (non-hydrogen) atoms. The van der Waals surface area contributed by atoms with Crippen LogP contribution >= 0.6 is 0 Å². The van der Waals surface area contributed by atoms with Gasteiger partial charge in [0.15, 0.2) is 5.82 Å². The van der Waals surface area contributed by atoms with Gasteiger partial charge in [0.1, 0.15) is 0 Å². The zero-order valence-corrected chi connectivity index (χ0v) is 30.0. The lowest BCUT2D eigenvalue weighted by atomic mass is 9.81. The molecule has 0 saturated heterocycles. The van der Waals surface area contributed by atoms with E-state index in [1.165, 1.54) is 55.2 Å². The molecule has 3 heteroatoms. The van der Waals surface area contributed by atoms with Crippen LogP contribution in [0.1, 0.15) is 30.5 Å².